The maximum atomic E-state index is 11.9. The molecule has 2 aromatic carbocycles. The lowest BCUT2D eigenvalue weighted by Crippen LogP contribution is -2.00. The first-order chi connectivity index (χ1) is 13.0. The van der Waals surface area contributed by atoms with E-state index in [2.05, 4.69) is 5.10 Å². The van der Waals surface area contributed by atoms with Crippen LogP contribution in [0.3, 0.4) is 0 Å². The van der Waals surface area contributed by atoms with Crippen LogP contribution < -0.4 is 0 Å². The number of para-hydroxylation sites is 1. The number of hydrogen-bond acceptors (Lipinski definition) is 3. The lowest BCUT2D eigenvalue weighted by molar-refractivity contribution is -0.138. The molecule has 0 aliphatic rings. The van der Waals surface area contributed by atoms with Gasteiger partial charge in [-0.3, -0.25) is 9.59 Å². The van der Waals surface area contributed by atoms with E-state index < -0.39 is 5.97 Å². The summed E-state index contributed by atoms with van der Waals surface area (Å²) in [5, 5.41) is 14.0. The summed E-state index contributed by atoms with van der Waals surface area (Å²) in [6, 6.07) is 16.9. The Balaban J connectivity index is 1.95. The molecule has 0 radical (unpaired) electrons. The van der Waals surface area contributed by atoms with Gasteiger partial charge in [-0.15, -0.1) is 0 Å². The second kappa shape index (κ2) is 8.47. The number of allylic oxidation sites excluding steroid dienone is 1. The standard InChI is InChI=1S/C21H17ClN2O3/c22-17-9-6-15(7-10-17)21-16(8-11-19(25)12-13-20(26)27)14-24(23-21)18-4-2-1-3-5-18/h1-11,14H,12-13H2,(H,26,27)/b11-8+. The number of nitrogens with zero attached hydrogens (tertiary/aromatic N) is 2. The molecule has 0 spiro atoms. The van der Waals surface area contributed by atoms with Crippen LogP contribution in [0.4, 0.5) is 0 Å². The minimum atomic E-state index is -0.990. The van der Waals surface area contributed by atoms with E-state index in [4.69, 9.17) is 16.7 Å². The Kier molecular flexibility index (Phi) is 5.84. The highest BCUT2D eigenvalue weighted by molar-refractivity contribution is 6.30. The van der Waals surface area contributed by atoms with Gasteiger partial charge in [0, 0.05) is 28.8 Å². The van der Waals surface area contributed by atoms with Crippen molar-refractivity contribution in [3.05, 3.63) is 77.5 Å². The average molecular weight is 381 g/mol. The molecular weight excluding hydrogens is 364 g/mol. The van der Waals surface area contributed by atoms with Crippen molar-refractivity contribution in [2.75, 3.05) is 0 Å². The van der Waals surface area contributed by atoms with Crippen molar-refractivity contribution < 1.29 is 14.7 Å². The molecule has 1 N–H and O–H groups in total. The minimum Gasteiger partial charge on any atom is -0.481 e. The third-order valence-corrected chi connectivity index (χ3v) is 4.17. The van der Waals surface area contributed by atoms with Crippen molar-refractivity contribution in [3.63, 3.8) is 0 Å². The van der Waals surface area contributed by atoms with Crippen molar-refractivity contribution >= 4 is 29.4 Å². The van der Waals surface area contributed by atoms with Gasteiger partial charge in [-0.2, -0.15) is 5.10 Å². The number of ketones is 1. The minimum absolute atomic E-state index is 0.0328. The second-order valence-corrected chi connectivity index (χ2v) is 6.35. The van der Waals surface area contributed by atoms with Gasteiger partial charge in [0.15, 0.2) is 5.78 Å². The lowest BCUT2D eigenvalue weighted by atomic mass is 10.1. The monoisotopic (exact) mass is 380 g/mol. The molecule has 27 heavy (non-hydrogen) atoms. The molecule has 3 rings (SSSR count). The van der Waals surface area contributed by atoms with E-state index in [9.17, 15) is 9.59 Å². The van der Waals surface area contributed by atoms with Gasteiger partial charge >= 0.3 is 5.97 Å². The summed E-state index contributed by atoms with van der Waals surface area (Å²) in [5.41, 5.74) is 3.22. The summed E-state index contributed by atoms with van der Waals surface area (Å²) in [7, 11) is 0. The van der Waals surface area contributed by atoms with Gasteiger partial charge in [-0.25, -0.2) is 4.68 Å². The van der Waals surface area contributed by atoms with Gasteiger partial charge in [0.25, 0.3) is 0 Å². The molecule has 0 saturated heterocycles. The summed E-state index contributed by atoms with van der Waals surface area (Å²) in [6.07, 6.45) is 4.68. The van der Waals surface area contributed by atoms with Crippen LogP contribution in [0.2, 0.25) is 5.02 Å². The van der Waals surface area contributed by atoms with Crippen LogP contribution in [0.5, 0.6) is 0 Å². The van der Waals surface area contributed by atoms with E-state index in [-0.39, 0.29) is 18.6 Å². The molecule has 1 aromatic heterocycles. The fraction of sp³-hybridized carbons (Fsp3) is 0.0952. The second-order valence-electron chi connectivity index (χ2n) is 5.91. The van der Waals surface area contributed by atoms with Crippen molar-refractivity contribution in [2.45, 2.75) is 12.8 Å². The van der Waals surface area contributed by atoms with Gasteiger partial charge in [0.1, 0.15) is 0 Å². The third-order valence-electron chi connectivity index (χ3n) is 3.91. The Morgan fingerprint density at radius 2 is 1.74 bits per heavy atom. The van der Waals surface area contributed by atoms with Gasteiger partial charge in [0.2, 0.25) is 0 Å². The summed E-state index contributed by atoms with van der Waals surface area (Å²) in [4.78, 5) is 22.5. The van der Waals surface area contributed by atoms with Crippen LogP contribution >= 0.6 is 11.6 Å². The smallest absolute Gasteiger partial charge is 0.303 e. The zero-order valence-electron chi connectivity index (χ0n) is 14.4. The van der Waals surface area contributed by atoms with Gasteiger partial charge in [-0.05, 0) is 36.4 Å². The Morgan fingerprint density at radius 1 is 1.04 bits per heavy atom. The molecule has 136 valence electrons. The highest BCUT2D eigenvalue weighted by atomic mass is 35.5. The fourth-order valence-electron chi connectivity index (χ4n) is 2.55. The normalized spacial score (nSPS) is 11.0. The number of benzene rings is 2. The summed E-state index contributed by atoms with van der Waals surface area (Å²) in [6.45, 7) is 0. The number of hydrogen-bond donors (Lipinski definition) is 1. The molecule has 0 unspecified atom stereocenters. The average Bonchev–Trinajstić information content (AvgIpc) is 3.10. The molecule has 0 aliphatic carbocycles. The molecule has 0 saturated carbocycles. The Labute approximate surface area is 161 Å². The van der Waals surface area contributed by atoms with Crippen LogP contribution in [0.15, 0.2) is 66.9 Å². The van der Waals surface area contributed by atoms with E-state index >= 15 is 0 Å². The largest absolute Gasteiger partial charge is 0.481 e. The Hall–Kier alpha value is -3.18. The maximum Gasteiger partial charge on any atom is 0.303 e. The molecule has 0 aliphatic heterocycles. The van der Waals surface area contributed by atoms with Gasteiger partial charge in [-0.1, -0.05) is 41.9 Å². The molecule has 6 heteroatoms. The topological polar surface area (TPSA) is 72.2 Å². The molecular formula is C21H17ClN2O3. The molecule has 0 amide bonds. The summed E-state index contributed by atoms with van der Waals surface area (Å²) >= 11 is 5.97. The van der Waals surface area contributed by atoms with E-state index in [1.54, 1.807) is 22.9 Å². The first-order valence-corrected chi connectivity index (χ1v) is 8.74. The maximum absolute atomic E-state index is 11.9. The first-order valence-electron chi connectivity index (χ1n) is 8.36. The van der Waals surface area contributed by atoms with Crippen molar-refractivity contribution in [1.29, 1.82) is 0 Å². The predicted molar refractivity (Wildman–Crippen MR) is 105 cm³/mol. The number of aliphatic carboxylic acids is 1. The van der Waals surface area contributed by atoms with E-state index in [0.29, 0.717) is 10.7 Å². The third kappa shape index (κ3) is 4.92. The van der Waals surface area contributed by atoms with Crippen LogP contribution in [0.25, 0.3) is 23.0 Å². The zero-order chi connectivity index (χ0) is 19.2. The van der Waals surface area contributed by atoms with E-state index in [0.717, 1.165) is 16.8 Å². The molecule has 3 aromatic rings. The van der Waals surface area contributed by atoms with Crippen LogP contribution in [0.1, 0.15) is 18.4 Å². The van der Waals surface area contributed by atoms with Crippen LogP contribution in [-0.4, -0.2) is 26.6 Å². The van der Waals surface area contributed by atoms with Crippen LogP contribution in [-0.2, 0) is 9.59 Å². The Morgan fingerprint density at radius 3 is 2.41 bits per heavy atom. The summed E-state index contributed by atoms with van der Waals surface area (Å²) in [5.74, 6) is -1.23. The highest BCUT2D eigenvalue weighted by Crippen LogP contribution is 2.26. The molecule has 1 heterocycles. The number of carbonyl (C=O) groups is 2. The van der Waals surface area contributed by atoms with Crippen molar-refractivity contribution in [3.8, 4) is 16.9 Å². The quantitative estimate of drug-likeness (QED) is 0.606. The summed E-state index contributed by atoms with van der Waals surface area (Å²) < 4.78 is 1.74. The fourth-order valence-corrected chi connectivity index (χ4v) is 2.68. The van der Waals surface area contributed by atoms with Crippen molar-refractivity contribution in [2.24, 2.45) is 0 Å². The Bertz CT molecular complexity index is 976. The SMILES string of the molecule is O=C(O)CCC(=O)/C=C/c1cn(-c2ccccc2)nc1-c1ccc(Cl)cc1. The number of carboxylic acid groups (broad SMARTS) is 1. The molecule has 0 fully saturated rings. The van der Waals surface area contributed by atoms with Gasteiger partial charge in [0.05, 0.1) is 17.8 Å². The van der Waals surface area contributed by atoms with E-state index in [1.165, 1.54) is 6.08 Å². The number of halogens is 1. The number of carboxylic acids is 1. The molecule has 5 nitrogen and oxygen atoms in total. The molecule has 0 atom stereocenters. The van der Waals surface area contributed by atoms with Gasteiger partial charge < -0.3 is 5.11 Å². The lowest BCUT2D eigenvalue weighted by Gasteiger charge is -2.00. The van der Waals surface area contributed by atoms with Crippen molar-refractivity contribution in [1.82, 2.24) is 9.78 Å². The van der Waals surface area contributed by atoms with E-state index in [1.807, 2.05) is 48.7 Å². The highest BCUT2D eigenvalue weighted by Gasteiger charge is 2.11. The first kappa shape index (κ1) is 18.6. The molecule has 0 bridgehead atoms. The number of rotatable bonds is 7. The van der Waals surface area contributed by atoms with Crippen LogP contribution in [0, 0.1) is 0 Å². The predicted octanol–water partition coefficient (Wildman–Crippen LogP) is 4.64. The zero-order valence-corrected chi connectivity index (χ0v) is 15.1. The number of aromatic nitrogens is 2. The number of carbonyl (C=O) groups excluding carboxylic acids is 1.